The predicted molar refractivity (Wildman–Crippen MR) is 69.7 cm³/mol. The second-order valence-corrected chi connectivity index (χ2v) is 6.79. The van der Waals surface area contributed by atoms with Gasteiger partial charge in [0.05, 0.1) is 22.7 Å². The number of halogens is 1. The molecule has 3 N–H and O–H groups in total. The molecule has 1 saturated heterocycles. The first-order valence-electron chi connectivity index (χ1n) is 5.91. The molecule has 0 aliphatic carbocycles. The molecule has 0 amide bonds. The van der Waals surface area contributed by atoms with Gasteiger partial charge in [-0.1, -0.05) is 0 Å². The number of hydrogen-bond donors (Lipinski definition) is 2. The van der Waals surface area contributed by atoms with Gasteiger partial charge in [-0.05, 0) is 38.0 Å². The molecule has 7 heteroatoms. The highest BCUT2D eigenvalue weighted by atomic mass is 32.2. The van der Waals surface area contributed by atoms with E-state index in [1.807, 2.05) is 0 Å². The zero-order valence-corrected chi connectivity index (χ0v) is 11.7. The van der Waals surface area contributed by atoms with E-state index in [9.17, 15) is 12.8 Å². The molecular weight excluding hydrogens is 271 g/mol. The summed E-state index contributed by atoms with van der Waals surface area (Å²) in [5.74, 6) is -0.589. The molecule has 106 valence electrons. The topological polar surface area (TPSA) is 81.4 Å². The van der Waals surface area contributed by atoms with Crippen LogP contribution in [0.15, 0.2) is 17.0 Å². The van der Waals surface area contributed by atoms with Gasteiger partial charge in [0.2, 0.25) is 10.0 Å². The van der Waals surface area contributed by atoms with Crippen LogP contribution in [0.2, 0.25) is 0 Å². The van der Waals surface area contributed by atoms with Crippen molar-refractivity contribution in [1.82, 2.24) is 4.72 Å². The van der Waals surface area contributed by atoms with Gasteiger partial charge in [-0.2, -0.15) is 0 Å². The Balaban J connectivity index is 2.34. The molecule has 0 saturated carbocycles. The van der Waals surface area contributed by atoms with Crippen molar-refractivity contribution in [2.24, 2.45) is 0 Å². The summed E-state index contributed by atoms with van der Waals surface area (Å²) in [6.45, 7) is 4.09. The molecule has 1 unspecified atom stereocenters. The van der Waals surface area contributed by atoms with Crippen LogP contribution >= 0.6 is 0 Å². The van der Waals surface area contributed by atoms with Crippen LogP contribution in [0, 0.1) is 12.7 Å². The highest BCUT2D eigenvalue weighted by Crippen LogP contribution is 2.24. The molecule has 5 nitrogen and oxygen atoms in total. The number of nitrogen functional groups attached to an aromatic ring is 1. The average Bonchev–Trinajstić information content (AvgIpc) is 2.70. The lowest BCUT2D eigenvalue weighted by molar-refractivity contribution is 0.178. The maximum Gasteiger partial charge on any atom is 0.241 e. The first-order chi connectivity index (χ1) is 8.73. The molecule has 0 radical (unpaired) electrons. The number of ether oxygens (including phenoxy) is 1. The highest BCUT2D eigenvalue weighted by Gasteiger charge is 2.34. The fourth-order valence-electron chi connectivity index (χ4n) is 2.05. The van der Waals surface area contributed by atoms with Crippen LogP contribution in [0.5, 0.6) is 0 Å². The average molecular weight is 288 g/mol. The Morgan fingerprint density at radius 1 is 1.47 bits per heavy atom. The van der Waals surface area contributed by atoms with Gasteiger partial charge < -0.3 is 10.5 Å². The minimum absolute atomic E-state index is 0.0305. The molecule has 0 spiro atoms. The number of sulfonamides is 1. The van der Waals surface area contributed by atoms with Crippen molar-refractivity contribution in [3.05, 3.63) is 23.5 Å². The van der Waals surface area contributed by atoms with Gasteiger partial charge in [-0.3, -0.25) is 0 Å². The lowest BCUT2D eigenvalue weighted by Crippen LogP contribution is -2.46. The van der Waals surface area contributed by atoms with Crippen LogP contribution in [0.25, 0.3) is 0 Å². The van der Waals surface area contributed by atoms with E-state index in [1.165, 1.54) is 13.0 Å². The minimum Gasteiger partial charge on any atom is -0.396 e. The van der Waals surface area contributed by atoms with Crippen LogP contribution in [-0.2, 0) is 14.8 Å². The second kappa shape index (κ2) is 4.73. The molecule has 1 aliphatic heterocycles. The Bertz CT molecular complexity index is 572. The predicted octanol–water partition coefficient (Wildman–Crippen LogP) is 1.17. The van der Waals surface area contributed by atoms with Crippen LogP contribution in [-0.4, -0.2) is 27.2 Å². The lowest BCUT2D eigenvalue weighted by atomic mass is 10.0. The summed E-state index contributed by atoms with van der Waals surface area (Å²) < 4.78 is 45.7. The number of benzene rings is 1. The smallest absolute Gasteiger partial charge is 0.241 e. The van der Waals surface area contributed by atoms with Crippen molar-refractivity contribution in [3.8, 4) is 0 Å². The van der Waals surface area contributed by atoms with Gasteiger partial charge in [-0.15, -0.1) is 0 Å². The minimum atomic E-state index is -3.74. The molecule has 19 heavy (non-hydrogen) atoms. The third-order valence-corrected chi connectivity index (χ3v) is 4.78. The largest absolute Gasteiger partial charge is 0.396 e. The van der Waals surface area contributed by atoms with Crippen LogP contribution in [0.4, 0.5) is 10.1 Å². The van der Waals surface area contributed by atoms with E-state index in [-0.39, 0.29) is 16.1 Å². The Morgan fingerprint density at radius 3 is 2.68 bits per heavy atom. The van der Waals surface area contributed by atoms with Crippen molar-refractivity contribution >= 4 is 15.7 Å². The fourth-order valence-corrected chi connectivity index (χ4v) is 3.59. The van der Waals surface area contributed by atoms with Gasteiger partial charge in [0.25, 0.3) is 0 Å². The SMILES string of the molecule is Cc1cc(S(=O)(=O)NC2(C)CCOC2)cc(N)c1F. The van der Waals surface area contributed by atoms with E-state index >= 15 is 0 Å². The molecule has 1 atom stereocenters. The van der Waals surface area contributed by atoms with E-state index in [2.05, 4.69) is 4.72 Å². The Kier molecular flexibility index (Phi) is 3.55. The Morgan fingerprint density at radius 2 is 2.16 bits per heavy atom. The van der Waals surface area contributed by atoms with Gasteiger partial charge in [0.15, 0.2) is 0 Å². The van der Waals surface area contributed by atoms with E-state index < -0.39 is 21.4 Å². The number of rotatable bonds is 3. The molecule has 1 aromatic rings. The molecule has 1 fully saturated rings. The zero-order chi connectivity index (χ0) is 14.3. The van der Waals surface area contributed by atoms with Crippen LogP contribution in [0.1, 0.15) is 18.9 Å². The van der Waals surface area contributed by atoms with Crippen LogP contribution < -0.4 is 10.5 Å². The van der Waals surface area contributed by atoms with Crippen molar-refractivity contribution < 1.29 is 17.5 Å². The third kappa shape index (κ3) is 2.88. The molecule has 1 aliphatic rings. The highest BCUT2D eigenvalue weighted by molar-refractivity contribution is 7.89. The van der Waals surface area contributed by atoms with Gasteiger partial charge in [-0.25, -0.2) is 17.5 Å². The summed E-state index contributed by atoms with van der Waals surface area (Å²) in [5, 5.41) is 0. The zero-order valence-electron chi connectivity index (χ0n) is 10.9. The van der Waals surface area contributed by atoms with E-state index in [0.29, 0.717) is 19.6 Å². The van der Waals surface area contributed by atoms with Crippen molar-refractivity contribution in [1.29, 1.82) is 0 Å². The first kappa shape index (κ1) is 14.2. The molecular formula is C12H17FN2O3S. The van der Waals surface area contributed by atoms with E-state index in [0.717, 1.165) is 6.07 Å². The van der Waals surface area contributed by atoms with Crippen molar-refractivity contribution in [2.75, 3.05) is 18.9 Å². The first-order valence-corrected chi connectivity index (χ1v) is 7.39. The summed E-state index contributed by atoms with van der Waals surface area (Å²) in [6, 6.07) is 2.40. The summed E-state index contributed by atoms with van der Waals surface area (Å²) in [5.41, 5.74) is 4.87. The fraction of sp³-hybridized carbons (Fsp3) is 0.500. The monoisotopic (exact) mass is 288 g/mol. The molecule has 0 aromatic heterocycles. The maximum absolute atomic E-state index is 13.4. The van der Waals surface area contributed by atoms with Crippen LogP contribution in [0.3, 0.4) is 0 Å². The summed E-state index contributed by atoms with van der Waals surface area (Å²) >= 11 is 0. The summed E-state index contributed by atoms with van der Waals surface area (Å²) in [4.78, 5) is -0.0305. The maximum atomic E-state index is 13.4. The Hall–Kier alpha value is -1.18. The molecule has 1 aromatic carbocycles. The van der Waals surface area contributed by atoms with Crippen molar-refractivity contribution in [3.63, 3.8) is 0 Å². The number of anilines is 1. The van der Waals surface area contributed by atoms with Gasteiger partial charge >= 0.3 is 0 Å². The summed E-state index contributed by atoms with van der Waals surface area (Å²) in [6.07, 6.45) is 0.599. The number of hydrogen-bond acceptors (Lipinski definition) is 4. The normalized spacial score (nSPS) is 23.7. The van der Waals surface area contributed by atoms with Gasteiger partial charge in [0.1, 0.15) is 5.82 Å². The van der Waals surface area contributed by atoms with E-state index in [4.69, 9.17) is 10.5 Å². The standard InChI is InChI=1S/C12H17FN2O3S/c1-8-5-9(6-10(14)11(8)13)19(16,17)15-12(2)3-4-18-7-12/h5-6,15H,3-4,7,14H2,1-2H3. The second-order valence-electron chi connectivity index (χ2n) is 5.11. The van der Waals surface area contributed by atoms with Crippen molar-refractivity contribution in [2.45, 2.75) is 30.7 Å². The quantitative estimate of drug-likeness (QED) is 0.818. The molecule has 2 rings (SSSR count). The summed E-state index contributed by atoms with van der Waals surface area (Å²) in [7, 11) is -3.74. The molecule has 1 heterocycles. The van der Waals surface area contributed by atoms with E-state index in [1.54, 1.807) is 6.92 Å². The number of nitrogens with one attached hydrogen (secondary N) is 1. The number of aryl methyl sites for hydroxylation is 1. The molecule has 0 bridgehead atoms. The van der Waals surface area contributed by atoms with Gasteiger partial charge in [0, 0.05) is 6.61 Å². The number of nitrogens with two attached hydrogens (primary N) is 1. The lowest BCUT2D eigenvalue weighted by Gasteiger charge is -2.23. The Labute approximate surface area is 112 Å². The third-order valence-electron chi connectivity index (χ3n) is 3.17.